The Kier molecular flexibility index (Phi) is 1.28. The van der Waals surface area contributed by atoms with Crippen molar-refractivity contribution in [1.29, 1.82) is 5.26 Å². The second-order valence-electron chi connectivity index (χ2n) is 4.11. The average Bonchev–Trinajstić information content (AvgIpc) is 2.41. The monoisotopic (exact) mass is 151 g/mol. The van der Waals surface area contributed by atoms with Crippen LogP contribution in [0.25, 0.3) is 0 Å². The average molecular weight is 151 g/mol. The lowest BCUT2D eigenvalue weighted by Gasteiger charge is -2.30. The summed E-state index contributed by atoms with van der Waals surface area (Å²) in [6.45, 7) is 2.09. The van der Waals surface area contributed by atoms with Gasteiger partial charge in [0.25, 0.3) is 0 Å². The van der Waals surface area contributed by atoms with Crippen LogP contribution in [0.3, 0.4) is 0 Å². The van der Waals surface area contributed by atoms with Gasteiger partial charge in [0.15, 0.2) is 0 Å². The molecule has 2 heteroatoms. The van der Waals surface area contributed by atoms with Gasteiger partial charge in [-0.1, -0.05) is 6.92 Å². The molecule has 11 heavy (non-hydrogen) atoms. The first kappa shape index (κ1) is 7.12. The van der Waals surface area contributed by atoms with Crippen molar-refractivity contribution < 1.29 is 5.11 Å². The van der Waals surface area contributed by atoms with Crippen LogP contribution >= 0.6 is 0 Å². The Morgan fingerprint density at radius 3 is 2.64 bits per heavy atom. The molecule has 0 heterocycles. The molecule has 0 aromatic rings. The molecule has 0 aliphatic heterocycles. The Morgan fingerprint density at radius 1 is 1.55 bits per heavy atom. The zero-order chi connectivity index (χ0) is 8.06. The van der Waals surface area contributed by atoms with Crippen molar-refractivity contribution in [1.82, 2.24) is 0 Å². The third kappa shape index (κ3) is 0.696. The zero-order valence-corrected chi connectivity index (χ0v) is 6.75. The predicted octanol–water partition coefficient (Wildman–Crippen LogP) is 1.31. The highest BCUT2D eigenvalue weighted by molar-refractivity contribution is 5.16. The second kappa shape index (κ2) is 1.98. The summed E-state index contributed by atoms with van der Waals surface area (Å²) in [5.74, 6) is 1.03. The molecule has 0 aromatic carbocycles. The third-order valence-electron chi connectivity index (χ3n) is 3.55. The summed E-state index contributed by atoms with van der Waals surface area (Å²) < 4.78 is 0. The lowest BCUT2D eigenvalue weighted by molar-refractivity contribution is 0.0445. The highest BCUT2D eigenvalue weighted by atomic mass is 16.3. The van der Waals surface area contributed by atoms with E-state index >= 15 is 0 Å². The van der Waals surface area contributed by atoms with E-state index in [-0.39, 0.29) is 11.5 Å². The van der Waals surface area contributed by atoms with Gasteiger partial charge in [-0.25, -0.2) is 0 Å². The van der Waals surface area contributed by atoms with Gasteiger partial charge in [-0.15, -0.1) is 0 Å². The van der Waals surface area contributed by atoms with Gasteiger partial charge in [0.05, 0.1) is 17.6 Å². The van der Waals surface area contributed by atoms with Crippen molar-refractivity contribution in [3.05, 3.63) is 0 Å². The van der Waals surface area contributed by atoms with Gasteiger partial charge in [-0.2, -0.15) is 5.26 Å². The molecule has 2 aliphatic carbocycles. The lowest BCUT2D eigenvalue weighted by Crippen LogP contribution is -2.34. The fraction of sp³-hybridized carbons (Fsp3) is 0.889. The Morgan fingerprint density at radius 2 is 2.27 bits per heavy atom. The summed E-state index contributed by atoms with van der Waals surface area (Å²) >= 11 is 0. The normalized spacial score (nSPS) is 54.5. The molecule has 2 nitrogen and oxygen atoms in total. The number of hydrogen-bond donors (Lipinski definition) is 1. The molecule has 2 bridgehead atoms. The fourth-order valence-electron chi connectivity index (χ4n) is 2.87. The van der Waals surface area contributed by atoms with E-state index < -0.39 is 0 Å². The molecule has 0 aromatic heterocycles. The summed E-state index contributed by atoms with van der Waals surface area (Å²) in [4.78, 5) is 0. The molecule has 2 saturated carbocycles. The molecule has 0 amide bonds. The van der Waals surface area contributed by atoms with Crippen LogP contribution in [0.1, 0.15) is 26.2 Å². The van der Waals surface area contributed by atoms with Crippen LogP contribution in [0, 0.1) is 28.6 Å². The van der Waals surface area contributed by atoms with Crippen molar-refractivity contribution in [3.63, 3.8) is 0 Å². The first-order valence-corrected chi connectivity index (χ1v) is 4.28. The van der Waals surface area contributed by atoms with Gasteiger partial charge in [0, 0.05) is 0 Å². The SMILES string of the molecule is C[C@H]1C[C@H]2C[C@H](O)[C@]1(C#N)C2. The first-order chi connectivity index (χ1) is 5.19. The van der Waals surface area contributed by atoms with Crippen molar-refractivity contribution in [3.8, 4) is 6.07 Å². The van der Waals surface area contributed by atoms with Crippen LogP contribution in [-0.2, 0) is 0 Å². The maximum absolute atomic E-state index is 9.62. The Labute approximate surface area is 66.8 Å². The summed E-state index contributed by atoms with van der Waals surface area (Å²) in [6.07, 6.45) is 2.59. The van der Waals surface area contributed by atoms with Crippen LogP contribution in [0.4, 0.5) is 0 Å². The van der Waals surface area contributed by atoms with Crippen LogP contribution in [-0.4, -0.2) is 11.2 Å². The van der Waals surface area contributed by atoms with E-state index in [1.165, 1.54) is 0 Å². The quantitative estimate of drug-likeness (QED) is 0.567. The summed E-state index contributed by atoms with van der Waals surface area (Å²) in [5, 5.41) is 18.6. The molecule has 60 valence electrons. The van der Waals surface area contributed by atoms with Crippen LogP contribution < -0.4 is 0 Å². The molecule has 1 N–H and O–H groups in total. The van der Waals surface area contributed by atoms with Gasteiger partial charge in [0.2, 0.25) is 0 Å². The minimum atomic E-state index is -0.370. The van der Waals surface area contributed by atoms with Crippen LogP contribution in [0.15, 0.2) is 0 Å². The molecule has 2 fully saturated rings. The maximum Gasteiger partial charge on any atom is 0.0860 e. The number of aliphatic hydroxyl groups excluding tert-OH is 1. The molecular formula is C9H13NO. The van der Waals surface area contributed by atoms with Crippen molar-refractivity contribution in [2.24, 2.45) is 17.3 Å². The molecular weight excluding hydrogens is 138 g/mol. The van der Waals surface area contributed by atoms with E-state index in [4.69, 9.17) is 5.26 Å². The van der Waals surface area contributed by atoms with Gasteiger partial charge >= 0.3 is 0 Å². The van der Waals surface area contributed by atoms with Gasteiger partial charge in [-0.3, -0.25) is 0 Å². The Bertz CT molecular complexity index is 206. The largest absolute Gasteiger partial charge is 0.391 e. The number of nitriles is 1. The van der Waals surface area contributed by atoms with Gasteiger partial charge in [-0.05, 0) is 31.1 Å². The predicted molar refractivity (Wildman–Crippen MR) is 40.6 cm³/mol. The van der Waals surface area contributed by atoms with E-state index in [9.17, 15) is 5.11 Å². The Balaban J connectivity index is 2.34. The zero-order valence-electron chi connectivity index (χ0n) is 6.75. The van der Waals surface area contributed by atoms with E-state index in [2.05, 4.69) is 13.0 Å². The second-order valence-corrected chi connectivity index (χ2v) is 4.11. The van der Waals surface area contributed by atoms with Gasteiger partial charge in [0.1, 0.15) is 0 Å². The molecule has 0 radical (unpaired) electrons. The van der Waals surface area contributed by atoms with Crippen molar-refractivity contribution >= 4 is 0 Å². The molecule has 0 saturated heterocycles. The minimum absolute atomic E-state index is 0.346. The van der Waals surface area contributed by atoms with Gasteiger partial charge < -0.3 is 5.11 Å². The standard InChI is InChI=1S/C9H13NO/c1-6-2-7-3-8(11)9(6,4-7)5-10/h6-8,11H,2-4H2,1H3/t6-,7-,8-,9-/m0/s1. The van der Waals surface area contributed by atoms with Crippen LogP contribution in [0.5, 0.6) is 0 Å². The number of hydrogen-bond acceptors (Lipinski definition) is 2. The number of rotatable bonds is 0. The highest BCUT2D eigenvalue weighted by Gasteiger charge is 2.56. The van der Waals surface area contributed by atoms with Crippen LogP contribution in [0.2, 0.25) is 0 Å². The summed E-state index contributed by atoms with van der Waals surface area (Å²) in [7, 11) is 0. The minimum Gasteiger partial charge on any atom is -0.391 e. The Hall–Kier alpha value is -0.550. The number of aliphatic hydroxyl groups is 1. The summed E-state index contributed by atoms with van der Waals surface area (Å²) in [6, 6.07) is 2.32. The maximum atomic E-state index is 9.62. The smallest absolute Gasteiger partial charge is 0.0860 e. The van der Waals surface area contributed by atoms with E-state index in [1.807, 2.05) is 0 Å². The number of nitrogens with zero attached hydrogens (tertiary/aromatic N) is 1. The molecule has 2 aliphatic rings. The van der Waals surface area contributed by atoms with E-state index in [0.717, 1.165) is 19.3 Å². The van der Waals surface area contributed by atoms with Crippen molar-refractivity contribution in [2.75, 3.05) is 0 Å². The highest BCUT2D eigenvalue weighted by Crippen LogP contribution is 2.56. The molecule has 0 unspecified atom stereocenters. The number of fused-ring (bicyclic) bond motifs is 2. The lowest BCUT2D eigenvalue weighted by atomic mass is 9.75. The van der Waals surface area contributed by atoms with E-state index in [0.29, 0.717) is 11.8 Å². The molecule has 4 atom stereocenters. The molecule has 2 rings (SSSR count). The summed E-state index contributed by atoms with van der Waals surface area (Å²) in [5.41, 5.74) is -0.370. The van der Waals surface area contributed by atoms with Crippen molar-refractivity contribution in [2.45, 2.75) is 32.3 Å². The third-order valence-corrected chi connectivity index (χ3v) is 3.55. The first-order valence-electron chi connectivity index (χ1n) is 4.28. The van der Waals surface area contributed by atoms with E-state index in [1.54, 1.807) is 0 Å². The topological polar surface area (TPSA) is 44.0 Å². The fourth-order valence-corrected chi connectivity index (χ4v) is 2.87. The molecule has 0 spiro atoms.